The van der Waals surface area contributed by atoms with E-state index in [2.05, 4.69) is 10.0 Å². The van der Waals surface area contributed by atoms with Crippen LogP contribution in [0, 0.1) is 0 Å². The molecule has 0 aliphatic carbocycles. The summed E-state index contributed by atoms with van der Waals surface area (Å²) in [5, 5.41) is 13.0. The molecule has 0 saturated carbocycles. The molecular formula is C21H19ClN2O5S. The van der Waals surface area contributed by atoms with Gasteiger partial charge in [-0.25, -0.2) is 8.42 Å². The zero-order valence-corrected chi connectivity index (χ0v) is 17.5. The lowest BCUT2D eigenvalue weighted by molar-refractivity contribution is -0.115. The van der Waals surface area contributed by atoms with Crippen molar-refractivity contribution >= 4 is 38.9 Å². The van der Waals surface area contributed by atoms with Gasteiger partial charge in [0.05, 0.1) is 29.8 Å². The molecule has 0 aromatic heterocycles. The van der Waals surface area contributed by atoms with Gasteiger partial charge in [0.25, 0.3) is 10.0 Å². The summed E-state index contributed by atoms with van der Waals surface area (Å²) < 4.78 is 33.0. The van der Waals surface area contributed by atoms with Gasteiger partial charge >= 0.3 is 0 Å². The van der Waals surface area contributed by atoms with Crippen LogP contribution in [-0.2, 0) is 21.2 Å². The third-order valence-electron chi connectivity index (χ3n) is 4.17. The fourth-order valence-electron chi connectivity index (χ4n) is 2.76. The fourth-order valence-corrected chi connectivity index (χ4v) is 4.03. The largest absolute Gasteiger partial charge is 0.506 e. The van der Waals surface area contributed by atoms with Crippen LogP contribution in [0.1, 0.15) is 5.56 Å². The lowest BCUT2D eigenvalue weighted by Gasteiger charge is -2.12. The van der Waals surface area contributed by atoms with Gasteiger partial charge in [0.2, 0.25) is 5.91 Å². The van der Waals surface area contributed by atoms with Crippen molar-refractivity contribution in [2.45, 2.75) is 11.3 Å². The zero-order valence-electron chi connectivity index (χ0n) is 15.9. The van der Waals surface area contributed by atoms with Crippen molar-refractivity contribution in [3.8, 4) is 11.5 Å². The molecule has 0 aliphatic rings. The number of aromatic hydroxyl groups is 1. The van der Waals surface area contributed by atoms with Crippen LogP contribution in [0.4, 0.5) is 11.4 Å². The fraction of sp³-hybridized carbons (Fsp3) is 0.0952. The van der Waals surface area contributed by atoms with Crippen molar-refractivity contribution in [3.63, 3.8) is 0 Å². The summed E-state index contributed by atoms with van der Waals surface area (Å²) in [6.07, 6.45) is -0.0127. The molecular weight excluding hydrogens is 428 g/mol. The lowest BCUT2D eigenvalue weighted by Crippen LogP contribution is -2.16. The minimum absolute atomic E-state index is 0.0127. The van der Waals surface area contributed by atoms with E-state index in [1.165, 1.54) is 31.4 Å². The first-order valence-electron chi connectivity index (χ1n) is 8.81. The summed E-state index contributed by atoms with van der Waals surface area (Å²) in [6, 6.07) is 16.9. The summed E-state index contributed by atoms with van der Waals surface area (Å²) in [5.74, 6) is -0.142. The molecule has 0 unspecified atom stereocenters. The summed E-state index contributed by atoms with van der Waals surface area (Å²) >= 11 is 5.89. The topological polar surface area (TPSA) is 105 Å². The molecule has 3 rings (SSSR count). The molecule has 0 heterocycles. The number of halogens is 1. The highest BCUT2D eigenvalue weighted by atomic mass is 35.5. The number of phenols is 1. The highest BCUT2D eigenvalue weighted by Gasteiger charge is 2.18. The number of ether oxygens (including phenoxy) is 1. The van der Waals surface area contributed by atoms with Crippen LogP contribution in [0.2, 0.25) is 5.02 Å². The van der Waals surface area contributed by atoms with Gasteiger partial charge in [-0.05, 0) is 42.5 Å². The van der Waals surface area contributed by atoms with Crippen molar-refractivity contribution in [2.75, 3.05) is 17.1 Å². The number of para-hydroxylation sites is 1. The van der Waals surface area contributed by atoms with E-state index in [4.69, 9.17) is 16.3 Å². The van der Waals surface area contributed by atoms with Gasteiger partial charge in [-0.1, -0.05) is 35.9 Å². The molecule has 0 spiro atoms. The van der Waals surface area contributed by atoms with Gasteiger partial charge in [0.1, 0.15) is 11.5 Å². The Hall–Kier alpha value is -3.23. The van der Waals surface area contributed by atoms with E-state index in [9.17, 15) is 18.3 Å². The SMILES string of the molecule is COc1ccccc1CC(=O)Nc1cc(S(=O)(=O)Nc2cccc(Cl)c2)ccc1O. The molecule has 30 heavy (non-hydrogen) atoms. The van der Waals surface area contributed by atoms with Crippen LogP contribution in [0.15, 0.2) is 71.6 Å². The van der Waals surface area contributed by atoms with Crippen molar-refractivity contribution in [3.05, 3.63) is 77.3 Å². The zero-order chi connectivity index (χ0) is 21.7. The Bertz CT molecular complexity index is 1180. The molecule has 0 aliphatic heterocycles. The third-order valence-corrected chi connectivity index (χ3v) is 5.79. The Morgan fingerprint density at radius 3 is 2.57 bits per heavy atom. The van der Waals surface area contributed by atoms with Crippen LogP contribution in [0.25, 0.3) is 0 Å². The van der Waals surface area contributed by atoms with Gasteiger partial charge in [-0.15, -0.1) is 0 Å². The smallest absolute Gasteiger partial charge is 0.261 e. The number of benzene rings is 3. The summed E-state index contributed by atoms with van der Waals surface area (Å²) in [5.41, 5.74) is 0.921. The van der Waals surface area contributed by atoms with E-state index in [-0.39, 0.29) is 28.4 Å². The highest BCUT2D eigenvalue weighted by molar-refractivity contribution is 7.92. The predicted molar refractivity (Wildman–Crippen MR) is 116 cm³/mol. The highest BCUT2D eigenvalue weighted by Crippen LogP contribution is 2.28. The van der Waals surface area contributed by atoms with E-state index in [1.807, 2.05) is 0 Å². The van der Waals surface area contributed by atoms with Crippen LogP contribution < -0.4 is 14.8 Å². The molecule has 7 nitrogen and oxygen atoms in total. The molecule has 0 atom stereocenters. The van der Waals surface area contributed by atoms with Crippen LogP contribution >= 0.6 is 11.6 Å². The number of amides is 1. The number of rotatable bonds is 7. The quantitative estimate of drug-likeness (QED) is 0.475. The number of carbonyl (C=O) groups is 1. The van der Waals surface area contributed by atoms with Crippen LogP contribution in [0.5, 0.6) is 11.5 Å². The van der Waals surface area contributed by atoms with Crippen LogP contribution in [-0.4, -0.2) is 26.5 Å². The van der Waals surface area contributed by atoms with Crippen molar-refractivity contribution < 1.29 is 23.1 Å². The molecule has 3 aromatic rings. The first kappa shape index (κ1) is 21.5. The monoisotopic (exact) mass is 446 g/mol. The molecule has 156 valence electrons. The molecule has 0 saturated heterocycles. The molecule has 0 radical (unpaired) electrons. The summed E-state index contributed by atoms with van der Waals surface area (Å²) in [6.45, 7) is 0. The predicted octanol–water partition coefficient (Wildman–Crippen LogP) is 4.04. The number of nitrogens with one attached hydrogen (secondary N) is 2. The van der Waals surface area contributed by atoms with E-state index >= 15 is 0 Å². The van der Waals surface area contributed by atoms with E-state index < -0.39 is 15.9 Å². The van der Waals surface area contributed by atoms with E-state index in [0.29, 0.717) is 16.3 Å². The average molecular weight is 447 g/mol. The molecule has 3 N–H and O–H groups in total. The van der Waals surface area contributed by atoms with E-state index in [1.54, 1.807) is 42.5 Å². The summed E-state index contributed by atoms with van der Waals surface area (Å²) in [7, 11) is -2.46. The Kier molecular flexibility index (Phi) is 6.49. The molecule has 3 aromatic carbocycles. The number of sulfonamides is 1. The number of hydrogen-bond donors (Lipinski definition) is 3. The maximum atomic E-state index is 12.7. The number of anilines is 2. The Balaban J connectivity index is 1.80. The summed E-state index contributed by atoms with van der Waals surface area (Å²) in [4.78, 5) is 12.3. The maximum Gasteiger partial charge on any atom is 0.261 e. The molecule has 9 heteroatoms. The van der Waals surface area contributed by atoms with Gasteiger partial charge in [-0.3, -0.25) is 9.52 Å². The maximum absolute atomic E-state index is 12.7. The standard InChI is InChI=1S/C21H19ClN2O5S/c1-29-20-8-3-2-5-14(20)11-21(26)23-18-13-17(9-10-19(18)25)30(27,28)24-16-7-4-6-15(22)12-16/h2-10,12-13,24-25H,11H2,1H3,(H,23,26). The number of methoxy groups -OCH3 is 1. The van der Waals surface area contributed by atoms with Gasteiger partial charge in [0.15, 0.2) is 0 Å². The number of hydrogen-bond acceptors (Lipinski definition) is 5. The van der Waals surface area contributed by atoms with Gasteiger partial charge in [0, 0.05) is 10.6 Å². The van der Waals surface area contributed by atoms with Crippen molar-refractivity contribution in [1.29, 1.82) is 0 Å². The second kappa shape index (κ2) is 9.06. The Morgan fingerprint density at radius 1 is 1.07 bits per heavy atom. The third kappa shape index (κ3) is 5.22. The van der Waals surface area contributed by atoms with Gasteiger partial charge in [-0.2, -0.15) is 0 Å². The molecule has 1 amide bonds. The second-order valence-corrected chi connectivity index (χ2v) is 8.45. The lowest BCUT2D eigenvalue weighted by atomic mass is 10.1. The molecule has 0 fully saturated rings. The number of phenolic OH excluding ortho intramolecular Hbond substituents is 1. The Labute approximate surface area is 179 Å². The van der Waals surface area contributed by atoms with Crippen molar-refractivity contribution in [1.82, 2.24) is 0 Å². The van der Waals surface area contributed by atoms with Gasteiger partial charge < -0.3 is 15.2 Å². The average Bonchev–Trinajstić information content (AvgIpc) is 2.69. The Morgan fingerprint density at radius 2 is 1.83 bits per heavy atom. The first-order valence-corrected chi connectivity index (χ1v) is 10.7. The second-order valence-electron chi connectivity index (χ2n) is 6.33. The minimum Gasteiger partial charge on any atom is -0.506 e. The van der Waals surface area contributed by atoms with Crippen LogP contribution in [0.3, 0.4) is 0 Å². The van der Waals surface area contributed by atoms with Crippen molar-refractivity contribution in [2.24, 2.45) is 0 Å². The van der Waals surface area contributed by atoms with E-state index in [0.717, 1.165) is 0 Å². The number of carbonyl (C=O) groups excluding carboxylic acids is 1. The minimum atomic E-state index is -3.97. The molecule has 0 bridgehead atoms. The first-order chi connectivity index (χ1) is 14.3. The normalized spacial score (nSPS) is 11.0.